The highest BCUT2D eigenvalue weighted by atomic mass is 32.2. The fourth-order valence-corrected chi connectivity index (χ4v) is 2.53. The van der Waals surface area contributed by atoms with Crippen molar-refractivity contribution in [3.8, 4) is 0 Å². The van der Waals surface area contributed by atoms with E-state index in [9.17, 15) is 28.1 Å². The molecule has 0 saturated heterocycles. The van der Waals surface area contributed by atoms with Crippen LogP contribution in [0.15, 0.2) is 29.2 Å². The van der Waals surface area contributed by atoms with Gasteiger partial charge in [0.15, 0.2) is 9.84 Å². The summed E-state index contributed by atoms with van der Waals surface area (Å²) < 4.78 is 28.4. The lowest BCUT2D eigenvalue weighted by molar-refractivity contribution is -0.384. The van der Waals surface area contributed by atoms with Gasteiger partial charge in [0.05, 0.1) is 28.4 Å². The minimum atomic E-state index is -3.75. The first-order chi connectivity index (χ1) is 10.2. The van der Waals surface area contributed by atoms with Crippen molar-refractivity contribution >= 4 is 27.5 Å². The second-order valence-corrected chi connectivity index (χ2v) is 6.29. The van der Waals surface area contributed by atoms with E-state index in [4.69, 9.17) is 5.11 Å². The molecule has 1 N–H and O–H groups in total. The number of nitro benzene ring substituents is 1. The lowest BCUT2D eigenvalue weighted by Crippen LogP contribution is -2.16. The first-order valence-corrected chi connectivity index (χ1v) is 7.72. The highest BCUT2D eigenvalue weighted by Gasteiger charge is 2.17. The average Bonchev–Trinajstić information content (AvgIpc) is 2.45. The molecule has 0 aliphatic rings. The van der Waals surface area contributed by atoms with Crippen LogP contribution in [0.4, 0.5) is 5.69 Å². The van der Waals surface area contributed by atoms with Crippen molar-refractivity contribution in [2.75, 3.05) is 12.4 Å². The maximum Gasteiger partial charge on any atom is 0.306 e. The van der Waals surface area contributed by atoms with E-state index in [1.807, 2.05) is 0 Å². The number of nitrogens with zero attached hydrogens (tertiary/aromatic N) is 1. The van der Waals surface area contributed by atoms with E-state index in [1.165, 1.54) is 0 Å². The van der Waals surface area contributed by atoms with Crippen molar-refractivity contribution in [1.29, 1.82) is 0 Å². The van der Waals surface area contributed by atoms with Crippen LogP contribution in [-0.2, 0) is 24.2 Å². The number of carbonyl (C=O) groups is 2. The number of rotatable bonds is 8. The third kappa shape index (κ3) is 5.48. The van der Waals surface area contributed by atoms with E-state index in [0.29, 0.717) is 0 Å². The smallest absolute Gasteiger partial charge is 0.306 e. The molecular formula is C12H13NO8S. The Labute approximate surface area is 125 Å². The van der Waals surface area contributed by atoms with E-state index >= 15 is 0 Å². The molecule has 0 saturated carbocycles. The summed E-state index contributed by atoms with van der Waals surface area (Å²) in [5, 5.41) is 18.9. The molecule has 0 aliphatic heterocycles. The monoisotopic (exact) mass is 331 g/mol. The summed E-state index contributed by atoms with van der Waals surface area (Å²) in [6.45, 7) is -0.419. The lowest BCUT2D eigenvalue weighted by atomic mass is 10.3. The van der Waals surface area contributed by atoms with Crippen LogP contribution in [0, 0.1) is 10.1 Å². The Morgan fingerprint density at radius 2 is 1.77 bits per heavy atom. The molecule has 0 spiro atoms. The Kier molecular flexibility index (Phi) is 5.99. The number of non-ortho nitro benzene ring substituents is 1. The van der Waals surface area contributed by atoms with Gasteiger partial charge in [-0.1, -0.05) is 0 Å². The van der Waals surface area contributed by atoms with Crippen molar-refractivity contribution < 1.29 is 32.8 Å². The number of aliphatic carboxylic acids is 1. The van der Waals surface area contributed by atoms with E-state index < -0.39 is 45.5 Å². The van der Waals surface area contributed by atoms with Gasteiger partial charge in [0.1, 0.15) is 6.61 Å². The van der Waals surface area contributed by atoms with Crippen LogP contribution in [0.2, 0.25) is 0 Å². The second kappa shape index (κ2) is 7.50. The third-order valence-corrected chi connectivity index (χ3v) is 4.26. The molecule has 0 atom stereocenters. The van der Waals surface area contributed by atoms with Crippen molar-refractivity contribution in [3.05, 3.63) is 34.4 Å². The van der Waals surface area contributed by atoms with Gasteiger partial charge in [-0.25, -0.2) is 8.42 Å². The summed E-state index contributed by atoms with van der Waals surface area (Å²) in [5.41, 5.74) is -0.237. The van der Waals surface area contributed by atoms with Crippen LogP contribution in [0.1, 0.15) is 12.8 Å². The lowest BCUT2D eigenvalue weighted by Gasteiger charge is -2.05. The van der Waals surface area contributed by atoms with Crippen molar-refractivity contribution in [2.24, 2.45) is 0 Å². The number of nitro groups is 1. The zero-order valence-corrected chi connectivity index (χ0v) is 12.1. The average molecular weight is 331 g/mol. The minimum absolute atomic E-state index is 0.125. The van der Waals surface area contributed by atoms with Crippen LogP contribution >= 0.6 is 0 Å². The molecular weight excluding hydrogens is 318 g/mol. The first kappa shape index (κ1) is 17.6. The first-order valence-electron chi connectivity index (χ1n) is 6.07. The van der Waals surface area contributed by atoms with Gasteiger partial charge in [-0.3, -0.25) is 19.7 Å². The molecule has 120 valence electrons. The maximum absolute atomic E-state index is 11.9. The van der Waals surface area contributed by atoms with Crippen molar-refractivity contribution in [1.82, 2.24) is 0 Å². The van der Waals surface area contributed by atoms with Gasteiger partial charge in [0.25, 0.3) is 5.69 Å². The van der Waals surface area contributed by atoms with Crippen LogP contribution in [0.25, 0.3) is 0 Å². The van der Waals surface area contributed by atoms with Crippen LogP contribution in [0.5, 0.6) is 0 Å². The molecule has 0 aromatic heterocycles. The van der Waals surface area contributed by atoms with Gasteiger partial charge in [-0.15, -0.1) is 0 Å². The molecule has 10 heteroatoms. The van der Waals surface area contributed by atoms with Gasteiger partial charge in [0, 0.05) is 12.1 Å². The summed E-state index contributed by atoms with van der Waals surface area (Å²) in [6, 6.07) is 4.32. The Balaban J connectivity index is 2.55. The molecule has 9 nitrogen and oxygen atoms in total. The summed E-state index contributed by atoms with van der Waals surface area (Å²) in [4.78, 5) is 31.1. The number of esters is 1. The fraction of sp³-hybridized carbons (Fsp3) is 0.333. The van der Waals surface area contributed by atoms with Gasteiger partial charge in [-0.05, 0) is 12.1 Å². The van der Waals surface area contributed by atoms with Crippen LogP contribution in [-0.4, -0.2) is 42.7 Å². The molecule has 1 aromatic carbocycles. The normalized spacial score (nSPS) is 10.9. The molecule has 1 aromatic rings. The highest BCUT2D eigenvalue weighted by Crippen LogP contribution is 2.16. The number of ether oxygens (including phenoxy) is 1. The Morgan fingerprint density at radius 1 is 1.18 bits per heavy atom. The van der Waals surface area contributed by atoms with Crippen molar-refractivity contribution in [3.63, 3.8) is 0 Å². The minimum Gasteiger partial charge on any atom is -0.481 e. The predicted octanol–water partition coefficient (Wildman–Crippen LogP) is 0.776. The number of carboxylic acids is 1. The van der Waals surface area contributed by atoms with Crippen LogP contribution < -0.4 is 0 Å². The van der Waals surface area contributed by atoms with Gasteiger partial charge in [-0.2, -0.15) is 0 Å². The Bertz CT molecular complexity index is 665. The molecule has 0 heterocycles. The van der Waals surface area contributed by atoms with Gasteiger partial charge in [0.2, 0.25) is 0 Å². The molecule has 22 heavy (non-hydrogen) atoms. The summed E-state index contributed by atoms with van der Waals surface area (Å²) in [7, 11) is -3.75. The van der Waals surface area contributed by atoms with Gasteiger partial charge >= 0.3 is 11.9 Å². The fourth-order valence-electron chi connectivity index (χ4n) is 1.44. The standard InChI is InChI=1S/C12H13NO8S/c14-11(15)5-6-12(16)21-7-8-22(19,20)10-3-1-9(2-4-10)13(17)18/h1-4H,5-8H2,(H,14,15). The summed E-state index contributed by atoms with van der Waals surface area (Å²) in [5.74, 6) is -2.46. The molecule has 0 fully saturated rings. The molecule has 0 radical (unpaired) electrons. The number of hydrogen-bond acceptors (Lipinski definition) is 7. The summed E-state index contributed by atoms with van der Waals surface area (Å²) in [6.07, 6.45) is -0.735. The number of hydrogen-bond donors (Lipinski definition) is 1. The zero-order valence-electron chi connectivity index (χ0n) is 11.3. The topological polar surface area (TPSA) is 141 Å². The van der Waals surface area contributed by atoms with E-state index in [1.54, 1.807) is 0 Å². The quantitative estimate of drug-likeness (QED) is 0.418. The highest BCUT2D eigenvalue weighted by molar-refractivity contribution is 7.91. The molecule has 0 bridgehead atoms. The van der Waals surface area contributed by atoms with Crippen molar-refractivity contribution in [2.45, 2.75) is 17.7 Å². The molecule has 0 amide bonds. The zero-order chi connectivity index (χ0) is 16.8. The molecule has 0 unspecified atom stereocenters. The number of carbonyl (C=O) groups excluding carboxylic acids is 1. The SMILES string of the molecule is O=C(O)CCC(=O)OCCS(=O)(=O)c1ccc([N+](=O)[O-])cc1. The Morgan fingerprint density at radius 3 is 2.27 bits per heavy atom. The van der Waals surface area contributed by atoms with E-state index in [0.717, 1.165) is 24.3 Å². The number of sulfone groups is 1. The molecule has 1 rings (SSSR count). The third-order valence-electron chi connectivity index (χ3n) is 2.56. The van der Waals surface area contributed by atoms with Crippen LogP contribution in [0.3, 0.4) is 0 Å². The number of benzene rings is 1. The maximum atomic E-state index is 11.9. The van der Waals surface area contributed by atoms with E-state index in [2.05, 4.69) is 4.74 Å². The molecule has 0 aliphatic carbocycles. The second-order valence-electron chi connectivity index (χ2n) is 4.18. The predicted molar refractivity (Wildman–Crippen MR) is 73.0 cm³/mol. The summed E-state index contributed by atoms with van der Waals surface area (Å²) >= 11 is 0. The Hall–Kier alpha value is -2.49. The van der Waals surface area contributed by atoms with Gasteiger partial charge < -0.3 is 9.84 Å². The van der Waals surface area contributed by atoms with E-state index in [-0.39, 0.29) is 17.0 Å². The largest absolute Gasteiger partial charge is 0.481 e. The number of carboxylic acid groups (broad SMARTS) is 1.